The molecule has 0 unspecified atom stereocenters. The molecule has 1 amide bonds. The van der Waals surface area contributed by atoms with Gasteiger partial charge in [-0.05, 0) is 33.0 Å². The van der Waals surface area contributed by atoms with Crippen LogP contribution in [0, 0.1) is 0 Å². The lowest BCUT2D eigenvalue weighted by Gasteiger charge is -2.18. The summed E-state index contributed by atoms with van der Waals surface area (Å²) in [5.41, 5.74) is 5.42. The average molecular weight is 245 g/mol. The van der Waals surface area contributed by atoms with Gasteiger partial charge >= 0.3 is 0 Å². The summed E-state index contributed by atoms with van der Waals surface area (Å²) in [6, 6.07) is 0. The zero-order valence-electron chi connectivity index (χ0n) is 9.91. The number of carbonyl (C=O) groups excluding carboxylic acids is 1. The van der Waals surface area contributed by atoms with E-state index in [9.17, 15) is 4.79 Å². The highest BCUT2D eigenvalue weighted by Gasteiger charge is 2.10. The third kappa shape index (κ3) is 5.62. The van der Waals surface area contributed by atoms with E-state index in [1.54, 1.807) is 11.8 Å². The summed E-state index contributed by atoms with van der Waals surface area (Å²) >= 11 is 4.73. The monoisotopic (exact) mass is 245 g/mol. The first kappa shape index (κ1) is 14.8. The second kappa shape index (κ2) is 8.00. The summed E-state index contributed by atoms with van der Waals surface area (Å²) in [5.74, 6) is 5.11. The Morgan fingerprint density at radius 2 is 2.00 bits per heavy atom. The van der Waals surface area contributed by atoms with Crippen molar-refractivity contribution < 1.29 is 4.79 Å². The lowest BCUT2D eigenvalue weighted by atomic mass is 10.2. The van der Waals surface area contributed by atoms with Crippen LogP contribution in [0.5, 0.6) is 0 Å². The van der Waals surface area contributed by atoms with Gasteiger partial charge in [0.15, 0.2) is 0 Å². The van der Waals surface area contributed by atoms with Crippen molar-refractivity contribution in [1.82, 2.24) is 15.8 Å². The quantitative estimate of drug-likeness (QED) is 0.274. The molecule has 0 atom stereocenters. The van der Waals surface area contributed by atoms with E-state index in [2.05, 4.69) is 16.0 Å². The normalized spacial score (nSPS) is 10.9. The van der Waals surface area contributed by atoms with E-state index >= 15 is 0 Å². The number of nitrogens with zero attached hydrogens (tertiary/aromatic N) is 2. The van der Waals surface area contributed by atoms with Gasteiger partial charge in [0.25, 0.3) is 0 Å². The maximum atomic E-state index is 11.7. The van der Waals surface area contributed by atoms with Crippen LogP contribution in [0.15, 0.2) is 5.10 Å². The smallest absolute Gasteiger partial charge is 0.228 e. The van der Waals surface area contributed by atoms with E-state index in [1.807, 2.05) is 13.8 Å². The Labute approximate surface area is 101 Å². The predicted molar refractivity (Wildman–Crippen MR) is 68.7 cm³/mol. The number of nitrogens with two attached hydrogens (primary N) is 1. The molecule has 0 aliphatic carbocycles. The van der Waals surface area contributed by atoms with Crippen molar-refractivity contribution in [3.8, 4) is 0 Å². The van der Waals surface area contributed by atoms with Gasteiger partial charge < -0.3 is 4.90 Å². The zero-order chi connectivity index (χ0) is 12.6. The molecule has 0 saturated carbocycles. The molecule has 16 heavy (non-hydrogen) atoms. The third-order valence-electron chi connectivity index (χ3n) is 2.00. The van der Waals surface area contributed by atoms with Gasteiger partial charge in [0.1, 0.15) is 0 Å². The Balaban J connectivity index is 4.17. The van der Waals surface area contributed by atoms with Crippen molar-refractivity contribution in [3.05, 3.63) is 0 Å². The zero-order valence-corrected chi connectivity index (χ0v) is 10.7. The number of amides is 1. The molecular weight excluding hydrogens is 226 g/mol. The lowest BCUT2D eigenvalue weighted by molar-refractivity contribution is -0.129. The Morgan fingerprint density at radius 1 is 1.44 bits per heavy atom. The van der Waals surface area contributed by atoms with Crippen LogP contribution in [-0.4, -0.2) is 34.7 Å². The Hall–Kier alpha value is -1.21. The van der Waals surface area contributed by atoms with Crippen molar-refractivity contribution in [2.75, 3.05) is 13.1 Å². The van der Waals surface area contributed by atoms with Crippen LogP contribution in [0.3, 0.4) is 0 Å². The molecule has 0 aromatic carbocycles. The van der Waals surface area contributed by atoms with Gasteiger partial charge in [-0.25, -0.2) is 5.84 Å². The second-order valence-electron chi connectivity index (χ2n) is 3.18. The number of hydrogen-bond donors (Lipinski definition) is 3. The fraction of sp³-hybridized carbons (Fsp3) is 0.667. The molecule has 4 N–H and O–H groups in total. The van der Waals surface area contributed by atoms with Crippen LogP contribution < -0.4 is 16.7 Å². The van der Waals surface area contributed by atoms with Crippen molar-refractivity contribution >= 4 is 28.9 Å². The summed E-state index contributed by atoms with van der Waals surface area (Å²) < 4.78 is 0. The summed E-state index contributed by atoms with van der Waals surface area (Å²) in [7, 11) is 0. The van der Waals surface area contributed by atoms with Gasteiger partial charge in [-0.2, -0.15) is 5.10 Å². The molecule has 0 aliphatic heterocycles. The molecule has 6 nitrogen and oxygen atoms in total. The molecule has 0 fully saturated rings. The maximum Gasteiger partial charge on any atom is 0.228 e. The van der Waals surface area contributed by atoms with E-state index in [0.29, 0.717) is 18.8 Å². The molecule has 0 bridgehead atoms. The number of hydrogen-bond acceptors (Lipinski definition) is 4. The van der Waals surface area contributed by atoms with Crippen LogP contribution in [-0.2, 0) is 4.79 Å². The molecule has 0 rings (SSSR count). The number of hydrazone groups is 1. The molecule has 0 spiro atoms. The van der Waals surface area contributed by atoms with Gasteiger partial charge in [0, 0.05) is 18.8 Å². The van der Waals surface area contributed by atoms with Crippen molar-refractivity contribution in [2.24, 2.45) is 10.9 Å². The average Bonchev–Trinajstić information content (AvgIpc) is 2.27. The number of carbonyl (C=O) groups is 1. The van der Waals surface area contributed by atoms with Gasteiger partial charge in [0.05, 0.1) is 6.42 Å². The minimum atomic E-state index is 0.0553. The molecule has 0 saturated heterocycles. The first-order valence-corrected chi connectivity index (χ1v) is 5.53. The summed E-state index contributed by atoms with van der Waals surface area (Å²) in [4.78, 5) is 13.4. The number of rotatable bonds is 5. The molecule has 0 radical (unpaired) electrons. The van der Waals surface area contributed by atoms with E-state index < -0.39 is 0 Å². The van der Waals surface area contributed by atoms with Crippen molar-refractivity contribution in [3.63, 3.8) is 0 Å². The molecule has 0 aromatic rings. The predicted octanol–water partition coefficient (Wildman–Crippen LogP) is -0.0414. The molecular formula is C9H19N5OS. The van der Waals surface area contributed by atoms with Crippen LogP contribution in [0.4, 0.5) is 0 Å². The summed E-state index contributed by atoms with van der Waals surface area (Å²) in [6.07, 6.45) is 0.280. The topological polar surface area (TPSA) is 82.8 Å². The number of hydrazine groups is 1. The first-order chi connectivity index (χ1) is 7.54. The molecule has 7 heteroatoms. The highest BCUT2D eigenvalue weighted by molar-refractivity contribution is 7.80. The fourth-order valence-electron chi connectivity index (χ4n) is 1.12. The minimum Gasteiger partial charge on any atom is -0.343 e. The van der Waals surface area contributed by atoms with Gasteiger partial charge in [-0.3, -0.25) is 15.6 Å². The summed E-state index contributed by atoms with van der Waals surface area (Å²) in [6.45, 7) is 7.06. The highest BCUT2D eigenvalue weighted by atomic mass is 32.1. The first-order valence-electron chi connectivity index (χ1n) is 5.12. The molecule has 0 heterocycles. The van der Waals surface area contributed by atoms with E-state index in [-0.39, 0.29) is 17.4 Å². The minimum absolute atomic E-state index is 0.0553. The highest BCUT2D eigenvalue weighted by Crippen LogP contribution is 1.95. The Kier molecular flexibility index (Phi) is 7.40. The number of thiocarbonyl (C=S) groups is 1. The fourth-order valence-corrected chi connectivity index (χ4v) is 1.17. The van der Waals surface area contributed by atoms with Gasteiger partial charge in [0.2, 0.25) is 11.0 Å². The Morgan fingerprint density at radius 3 is 2.44 bits per heavy atom. The largest absolute Gasteiger partial charge is 0.343 e. The SMILES string of the molecule is CCN(CC)C(=O)C/C(C)=N\NC(=S)NN. The van der Waals surface area contributed by atoms with E-state index in [1.165, 1.54) is 0 Å². The maximum absolute atomic E-state index is 11.7. The third-order valence-corrected chi connectivity index (χ3v) is 2.21. The number of nitrogens with one attached hydrogen (secondary N) is 2. The van der Waals surface area contributed by atoms with Crippen LogP contribution in [0.1, 0.15) is 27.2 Å². The molecule has 92 valence electrons. The summed E-state index contributed by atoms with van der Waals surface area (Å²) in [5, 5.41) is 4.14. The van der Waals surface area contributed by atoms with Crippen molar-refractivity contribution in [1.29, 1.82) is 0 Å². The van der Waals surface area contributed by atoms with Gasteiger partial charge in [-0.1, -0.05) is 0 Å². The van der Waals surface area contributed by atoms with Gasteiger partial charge in [-0.15, -0.1) is 0 Å². The van der Waals surface area contributed by atoms with Crippen molar-refractivity contribution in [2.45, 2.75) is 27.2 Å². The van der Waals surface area contributed by atoms with E-state index in [0.717, 1.165) is 0 Å². The Bertz CT molecular complexity index is 275. The lowest BCUT2D eigenvalue weighted by Crippen LogP contribution is -2.37. The second-order valence-corrected chi connectivity index (χ2v) is 3.58. The van der Waals surface area contributed by atoms with Crippen LogP contribution in [0.2, 0.25) is 0 Å². The van der Waals surface area contributed by atoms with E-state index in [4.69, 9.17) is 18.1 Å². The molecule has 0 aromatic heterocycles. The van der Waals surface area contributed by atoms with Crippen LogP contribution in [0.25, 0.3) is 0 Å². The standard InChI is InChI=1S/C9H19N5OS/c1-4-14(5-2)8(15)6-7(3)12-13-9(16)11-10/h4-6,10H2,1-3H3,(H2,11,13,16)/b12-7-. The molecule has 0 aliphatic rings. The van der Waals surface area contributed by atoms with Crippen LogP contribution >= 0.6 is 12.2 Å².